The van der Waals surface area contributed by atoms with Gasteiger partial charge in [0.25, 0.3) is 0 Å². The van der Waals surface area contributed by atoms with E-state index in [0.717, 1.165) is 36.3 Å². The summed E-state index contributed by atoms with van der Waals surface area (Å²) in [7, 11) is 2.20. The van der Waals surface area contributed by atoms with E-state index < -0.39 is 0 Å². The lowest BCUT2D eigenvalue weighted by molar-refractivity contribution is -0.148. The van der Waals surface area contributed by atoms with Crippen molar-refractivity contribution in [1.82, 2.24) is 5.32 Å². The average Bonchev–Trinajstić information content (AvgIpc) is 2.84. The van der Waals surface area contributed by atoms with E-state index in [4.69, 9.17) is 4.74 Å². The standard InChI is InChI=1S/C16H27NO/c1-17-15(14-12-4-2-5-13(12)14)11-6-9-18-16(10-11)7-3-8-16/h11-15,17H,2-10H2,1H3. The molecule has 4 rings (SSSR count). The Balaban J connectivity index is 1.44. The summed E-state index contributed by atoms with van der Waals surface area (Å²) >= 11 is 0. The third kappa shape index (κ3) is 1.68. The monoisotopic (exact) mass is 249 g/mol. The molecule has 4 unspecified atom stereocenters. The van der Waals surface area contributed by atoms with Gasteiger partial charge in [-0.25, -0.2) is 0 Å². The van der Waals surface area contributed by atoms with Crippen LogP contribution in [0.2, 0.25) is 0 Å². The van der Waals surface area contributed by atoms with Crippen molar-refractivity contribution in [3.8, 4) is 0 Å². The smallest absolute Gasteiger partial charge is 0.0685 e. The van der Waals surface area contributed by atoms with Gasteiger partial charge in [0.05, 0.1) is 5.60 Å². The van der Waals surface area contributed by atoms with Gasteiger partial charge in [0.1, 0.15) is 0 Å². The zero-order valence-electron chi connectivity index (χ0n) is 11.7. The van der Waals surface area contributed by atoms with Crippen LogP contribution in [0.15, 0.2) is 0 Å². The van der Waals surface area contributed by atoms with Crippen LogP contribution in [-0.4, -0.2) is 25.3 Å². The minimum atomic E-state index is 0.321. The Morgan fingerprint density at radius 1 is 1.11 bits per heavy atom. The highest BCUT2D eigenvalue weighted by Crippen LogP contribution is 2.61. The van der Waals surface area contributed by atoms with Crippen LogP contribution in [-0.2, 0) is 4.74 Å². The number of fused-ring (bicyclic) bond motifs is 1. The molecule has 2 heteroatoms. The molecule has 18 heavy (non-hydrogen) atoms. The van der Waals surface area contributed by atoms with Gasteiger partial charge < -0.3 is 10.1 Å². The molecule has 0 bridgehead atoms. The highest BCUT2D eigenvalue weighted by Gasteiger charge is 2.58. The molecular weight excluding hydrogens is 222 g/mol. The van der Waals surface area contributed by atoms with Gasteiger partial charge in [-0.15, -0.1) is 0 Å². The van der Waals surface area contributed by atoms with Gasteiger partial charge in [0.2, 0.25) is 0 Å². The normalized spacial score (nSPS) is 46.5. The zero-order chi connectivity index (χ0) is 12.2. The first-order valence-electron chi connectivity index (χ1n) is 8.14. The molecule has 3 saturated carbocycles. The van der Waals surface area contributed by atoms with Crippen LogP contribution in [0.1, 0.15) is 51.4 Å². The summed E-state index contributed by atoms with van der Waals surface area (Å²) < 4.78 is 6.09. The van der Waals surface area contributed by atoms with Crippen LogP contribution in [0, 0.1) is 23.7 Å². The minimum absolute atomic E-state index is 0.321. The maximum absolute atomic E-state index is 6.09. The lowest BCUT2D eigenvalue weighted by Crippen LogP contribution is -2.50. The van der Waals surface area contributed by atoms with Crippen molar-refractivity contribution in [2.24, 2.45) is 23.7 Å². The highest BCUT2D eigenvalue weighted by atomic mass is 16.5. The van der Waals surface area contributed by atoms with E-state index in [1.165, 1.54) is 51.4 Å². The summed E-state index contributed by atoms with van der Waals surface area (Å²) in [5.74, 6) is 4.08. The number of hydrogen-bond donors (Lipinski definition) is 1. The second kappa shape index (κ2) is 4.21. The van der Waals surface area contributed by atoms with E-state index in [9.17, 15) is 0 Å². The lowest BCUT2D eigenvalue weighted by atomic mass is 9.69. The Morgan fingerprint density at radius 3 is 2.50 bits per heavy atom. The van der Waals surface area contributed by atoms with Crippen molar-refractivity contribution in [2.45, 2.75) is 63.0 Å². The topological polar surface area (TPSA) is 21.3 Å². The summed E-state index contributed by atoms with van der Waals surface area (Å²) in [6.45, 7) is 1.02. The van der Waals surface area contributed by atoms with Gasteiger partial charge in [-0.1, -0.05) is 6.42 Å². The zero-order valence-corrected chi connectivity index (χ0v) is 11.7. The fourth-order valence-corrected chi connectivity index (χ4v) is 5.44. The number of ether oxygens (including phenoxy) is 1. The van der Waals surface area contributed by atoms with Crippen LogP contribution in [0.4, 0.5) is 0 Å². The molecule has 4 fully saturated rings. The van der Waals surface area contributed by atoms with Crippen molar-refractivity contribution in [2.75, 3.05) is 13.7 Å². The Kier molecular flexibility index (Phi) is 2.74. The number of hydrogen-bond acceptors (Lipinski definition) is 2. The van der Waals surface area contributed by atoms with Gasteiger partial charge in [-0.2, -0.15) is 0 Å². The third-order valence-corrected chi connectivity index (χ3v) is 6.52. The first-order valence-corrected chi connectivity index (χ1v) is 8.14. The first-order chi connectivity index (χ1) is 8.83. The Hall–Kier alpha value is -0.0800. The molecule has 4 aliphatic rings. The second-order valence-electron chi connectivity index (χ2n) is 7.29. The predicted molar refractivity (Wildman–Crippen MR) is 72.4 cm³/mol. The average molecular weight is 249 g/mol. The summed E-state index contributed by atoms with van der Waals surface area (Å²) in [5.41, 5.74) is 0.321. The van der Waals surface area contributed by atoms with E-state index in [1.54, 1.807) is 0 Å². The van der Waals surface area contributed by atoms with E-state index in [2.05, 4.69) is 12.4 Å². The molecule has 0 amide bonds. The molecule has 3 aliphatic carbocycles. The molecule has 0 radical (unpaired) electrons. The van der Waals surface area contributed by atoms with Crippen molar-refractivity contribution < 1.29 is 4.74 Å². The summed E-state index contributed by atoms with van der Waals surface area (Å²) in [6, 6.07) is 0.793. The molecule has 2 nitrogen and oxygen atoms in total. The van der Waals surface area contributed by atoms with E-state index in [0.29, 0.717) is 5.60 Å². The van der Waals surface area contributed by atoms with Crippen molar-refractivity contribution >= 4 is 0 Å². The molecule has 1 saturated heterocycles. The maximum atomic E-state index is 6.09. The van der Waals surface area contributed by atoms with Crippen molar-refractivity contribution in [3.63, 3.8) is 0 Å². The summed E-state index contributed by atoms with van der Waals surface area (Å²) in [5, 5.41) is 3.69. The summed E-state index contributed by atoms with van der Waals surface area (Å²) in [4.78, 5) is 0. The number of rotatable bonds is 3. The fourth-order valence-electron chi connectivity index (χ4n) is 5.44. The molecule has 0 aromatic carbocycles. The van der Waals surface area contributed by atoms with E-state index >= 15 is 0 Å². The Labute approximate surface area is 111 Å². The van der Waals surface area contributed by atoms with Crippen LogP contribution >= 0.6 is 0 Å². The predicted octanol–water partition coefficient (Wildman–Crippen LogP) is 2.97. The molecule has 0 aromatic heterocycles. The van der Waals surface area contributed by atoms with E-state index in [-0.39, 0.29) is 0 Å². The van der Waals surface area contributed by atoms with Crippen molar-refractivity contribution in [3.05, 3.63) is 0 Å². The molecule has 1 aliphatic heterocycles. The quantitative estimate of drug-likeness (QED) is 0.830. The molecule has 1 N–H and O–H groups in total. The van der Waals surface area contributed by atoms with Crippen molar-refractivity contribution in [1.29, 1.82) is 0 Å². The molecular formula is C16H27NO. The SMILES string of the molecule is CNC(C1CCOC2(CCC2)C1)C1C2CCCC21. The van der Waals surface area contributed by atoms with Gasteiger partial charge in [-0.05, 0) is 75.7 Å². The highest BCUT2D eigenvalue weighted by molar-refractivity contribution is 5.09. The van der Waals surface area contributed by atoms with Gasteiger partial charge in [0.15, 0.2) is 0 Å². The minimum Gasteiger partial charge on any atom is -0.375 e. The summed E-state index contributed by atoms with van der Waals surface area (Å²) in [6.07, 6.45) is 11.2. The molecule has 4 atom stereocenters. The van der Waals surface area contributed by atoms with E-state index in [1.807, 2.05) is 0 Å². The van der Waals surface area contributed by atoms with Gasteiger partial charge >= 0.3 is 0 Å². The van der Waals surface area contributed by atoms with Crippen LogP contribution in [0.25, 0.3) is 0 Å². The molecule has 102 valence electrons. The molecule has 1 spiro atoms. The first kappa shape index (κ1) is 11.7. The fraction of sp³-hybridized carbons (Fsp3) is 1.00. The van der Waals surface area contributed by atoms with Crippen LogP contribution in [0.3, 0.4) is 0 Å². The van der Waals surface area contributed by atoms with Crippen LogP contribution < -0.4 is 5.32 Å². The van der Waals surface area contributed by atoms with Gasteiger partial charge in [0, 0.05) is 12.6 Å². The third-order valence-electron chi connectivity index (χ3n) is 6.52. The maximum Gasteiger partial charge on any atom is 0.0685 e. The number of nitrogens with one attached hydrogen (secondary N) is 1. The second-order valence-corrected chi connectivity index (χ2v) is 7.29. The largest absolute Gasteiger partial charge is 0.375 e. The van der Waals surface area contributed by atoms with Gasteiger partial charge in [-0.3, -0.25) is 0 Å². The van der Waals surface area contributed by atoms with Crippen LogP contribution in [0.5, 0.6) is 0 Å². The lowest BCUT2D eigenvalue weighted by Gasteiger charge is -2.49. The molecule has 1 heterocycles. The Morgan fingerprint density at radius 2 is 1.89 bits per heavy atom. The molecule has 0 aromatic rings. The Bertz CT molecular complexity index is 315.